The zero-order valence-corrected chi connectivity index (χ0v) is 10.8. The highest BCUT2D eigenvalue weighted by molar-refractivity contribution is 7.89. The minimum absolute atomic E-state index is 0.0862. The second-order valence-corrected chi connectivity index (χ2v) is 5.69. The van der Waals surface area contributed by atoms with Gasteiger partial charge < -0.3 is 0 Å². The lowest BCUT2D eigenvalue weighted by Gasteiger charge is -2.08. The molecular weight excluding hydrogens is 260 g/mol. The number of sulfonamides is 1. The van der Waals surface area contributed by atoms with E-state index in [1.54, 1.807) is 0 Å². The van der Waals surface area contributed by atoms with Gasteiger partial charge in [-0.1, -0.05) is 18.7 Å². The summed E-state index contributed by atoms with van der Waals surface area (Å²) in [7, 11) is -3.79. The zero-order chi connectivity index (χ0) is 13.8. The number of benzene rings is 1. The number of nitro benzene ring substituents is 1. The quantitative estimate of drug-likeness (QED) is 0.625. The average Bonchev–Trinajstić information content (AvgIpc) is 2.28. The predicted molar refractivity (Wildman–Crippen MR) is 64.2 cm³/mol. The second kappa shape index (κ2) is 5.89. The molecule has 0 bridgehead atoms. The maximum Gasteiger partial charge on any atom is 0.269 e. The minimum atomic E-state index is -3.79. The van der Waals surface area contributed by atoms with E-state index in [9.17, 15) is 18.5 Å². The van der Waals surface area contributed by atoms with Crippen LogP contribution < -0.4 is 4.89 Å². The van der Waals surface area contributed by atoms with Crippen LogP contribution in [0.15, 0.2) is 29.2 Å². The molecule has 100 valence electrons. The lowest BCUT2D eigenvalue weighted by Crippen LogP contribution is -2.25. The summed E-state index contributed by atoms with van der Waals surface area (Å²) in [5, 5.41) is 10.4. The van der Waals surface area contributed by atoms with E-state index in [1.807, 2.05) is 18.7 Å². The maximum atomic E-state index is 11.7. The largest absolute Gasteiger partial charge is 0.287 e. The van der Waals surface area contributed by atoms with Crippen molar-refractivity contribution in [2.75, 3.05) is 6.61 Å². The summed E-state index contributed by atoms with van der Waals surface area (Å²) in [5.74, 6) is 0.185. The van der Waals surface area contributed by atoms with Gasteiger partial charge in [0.05, 0.1) is 16.4 Å². The number of hydrogen-bond donors (Lipinski definition) is 1. The Morgan fingerprint density at radius 3 is 2.33 bits per heavy atom. The van der Waals surface area contributed by atoms with Crippen molar-refractivity contribution in [2.45, 2.75) is 18.7 Å². The first-order valence-corrected chi connectivity index (χ1v) is 6.69. The molecule has 7 nitrogen and oxygen atoms in total. The molecule has 0 saturated carbocycles. The van der Waals surface area contributed by atoms with Gasteiger partial charge in [0.2, 0.25) is 0 Å². The number of nitrogens with zero attached hydrogens (tertiary/aromatic N) is 1. The third-order valence-corrected chi connectivity index (χ3v) is 3.17. The predicted octanol–water partition coefficient (Wildman–Crippen LogP) is 1.46. The average molecular weight is 274 g/mol. The van der Waals surface area contributed by atoms with Crippen molar-refractivity contribution >= 4 is 15.7 Å². The van der Waals surface area contributed by atoms with Gasteiger partial charge in [-0.15, -0.1) is 0 Å². The van der Waals surface area contributed by atoms with Crippen LogP contribution in [0.1, 0.15) is 13.8 Å². The summed E-state index contributed by atoms with van der Waals surface area (Å²) >= 11 is 0. The lowest BCUT2D eigenvalue weighted by atomic mass is 10.2. The van der Waals surface area contributed by atoms with Crippen molar-refractivity contribution < 1.29 is 18.2 Å². The Morgan fingerprint density at radius 2 is 1.89 bits per heavy atom. The van der Waals surface area contributed by atoms with Gasteiger partial charge in [0.25, 0.3) is 15.7 Å². The van der Waals surface area contributed by atoms with Crippen LogP contribution in [-0.2, 0) is 14.9 Å². The summed E-state index contributed by atoms with van der Waals surface area (Å²) in [6.45, 7) is 3.99. The molecule has 1 aromatic carbocycles. The van der Waals surface area contributed by atoms with Crippen molar-refractivity contribution in [3.63, 3.8) is 0 Å². The standard InChI is InChI=1S/C10H14N2O5S/c1-8(2)7-17-11-18(15,16)10-5-3-9(4-6-10)12(13)14/h3-6,8,11H,7H2,1-2H3. The van der Waals surface area contributed by atoms with Gasteiger partial charge in [-0.3, -0.25) is 15.0 Å². The fourth-order valence-electron chi connectivity index (χ4n) is 1.07. The van der Waals surface area contributed by atoms with Crippen LogP contribution in [0, 0.1) is 16.0 Å². The van der Waals surface area contributed by atoms with Crippen LogP contribution in [0.25, 0.3) is 0 Å². The van der Waals surface area contributed by atoms with E-state index >= 15 is 0 Å². The highest BCUT2D eigenvalue weighted by Crippen LogP contribution is 2.15. The number of nitro groups is 1. The van der Waals surface area contributed by atoms with Crippen LogP contribution in [-0.4, -0.2) is 19.9 Å². The SMILES string of the molecule is CC(C)CONS(=O)(=O)c1ccc([N+](=O)[O-])cc1. The second-order valence-electron chi connectivity index (χ2n) is 4.04. The highest BCUT2D eigenvalue weighted by atomic mass is 32.2. The molecule has 0 aromatic heterocycles. The van der Waals surface area contributed by atoms with Gasteiger partial charge in [-0.05, 0) is 18.1 Å². The molecule has 0 amide bonds. The minimum Gasteiger partial charge on any atom is -0.287 e. The molecular formula is C10H14N2O5S. The van der Waals surface area contributed by atoms with Gasteiger partial charge >= 0.3 is 0 Å². The fourth-order valence-corrected chi connectivity index (χ4v) is 1.89. The molecule has 0 unspecified atom stereocenters. The molecule has 0 heterocycles. The van der Waals surface area contributed by atoms with Crippen molar-refractivity contribution in [3.05, 3.63) is 34.4 Å². The molecule has 0 aliphatic carbocycles. The van der Waals surface area contributed by atoms with Crippen LogP contribution in [0.4, 0.5) is 5.69 Å². The number of rotatable bonds is 6. The number of nitrogens with one attached hydrogen (secondary N) is 1. The summed E-state index contributed by atoms with van der Waals surface area (Å²) in [6, 6.07) is 4.55. The topological polar surface area (TPSA) is 98.5 Å². The van der Waals surface area contributed by atoms with Crippen molar-refractivity contribution in [1.82, 2.24) is 4.89 Å². The Labute approximate surface area is 105 Å². The van der Waals surface area contributed by atoms with Gasteiger partial charge in [0, 0.05) is 12.1 Å². The summed E-state index contributed by atoms with van der Waals surface area (Å²) in [6.07, 6.45) is 0. The molecule has 0 saturated heterocycles. The zero-order valence-electron chi connectivity index (χ0n) is 9.99. The number of non-ortho nitro benzene ring substituents is 1. The molecule has 0 aliphatic rings. The maximum absolute atomic E-state index is 11.7. The molecule has 18 heavy (non-hydrogen) atoms. The van der Waals surface area contributed by atoms with Crippen LogP contribution in [0.3, 0.4) is 0 Å². The Balaban J connectivity index is 2.76. The Morgan fingerprint density at radius 1 is 1.33 bits per heavy atom. The fraction of sp³-hybridized carbons (Fsp3) is 0.400. The van der Waals surface area contributed by atoms with Gasteiger partial charge in [0.1, 0.15) is 0 Å². The van der Waals surface area contributed by atoms with Crippen LogP contribution in [0.5, 0.6) is 0 Å². The molecule has 0 radical (unpaired) electrons. The normalized spacial score (nSPS) is 11.7. The van der Waals surface area contributed by atoms with Gasteiger partial charge in [0.15, 0.2) is 0 Å². The van der Waals surface area contributed by atoms with Crippen molar-refractivity contribution in [3.8, 4) is 0 Å². The molecule has 8 heteroatoms. The summed E-state index contributed by atoms with van der Waals surface area (Å²) in [5.41, 5.74) is -0.169. The molecule has 0 atom stereocenters. The third kappa shape index (κ3) is 4.06. The summed E-state index contributed by atoms with van der Waals surface area (Å²) in [4.78, 5) is 16.5. The van der Waals surface area contributed by atoms with Gasteiger partial charge in [-0.25, -0.2) is 8.42 Å². The smallest absolute Gasteiger partial charge is 0.269 e. The monoisotopic (exact) mass is 274 g/mol. The first-order chi connectivity index (χ1) is 8.33. The third-order valence-electron chi connectivity index (χ3n) is 1.94. The van der Waals surface area contributed by atoms with E-state index in [4.69, 9.17) is 4.84 Å². The van der Waals surface area contributed by atoms with E-state index in [-0.39, 0.29) is 23.1 Å². The molecule has 0 spiro atoms. The van der Waals surface area contributed by atoms with Crippen molar-refractivity contribution in [2.24, 2.45) is 5.92 Å². The molecule has 1 N–H and O–H groups in total. The first-order valence-electron chi connectivity index (χ1n) is 5.21. The molecule has 1 aromatic rings. The first kappa shape index (κ1) is 14.6. The van der Waals surface area contributed by atoms with E-state index < -0.39 is 14.9 Å². The van der Waals surface area contributed by atoms with E-state index in [0.29, 0.717) is 0 Å². The Kier molecular flexibility index (Phi) is 4.76. The van der Waals surface area contributed by atoms with Crippen LogP contribution >= 0.6 is 0 Å². The van der Waals surface area contributed by atoms with Gasteiger partial charge in [-0.2, -0.15) is 0 Å². The van der Waals surface area contributed by atoms with Crippen molar-refractivity contribution in [1.29, 1.82) is 0 Å². The Hall–Kier alpha value is -1.51. The lowest BCUT2D eigenvalue weighted by molar-refractivity contribution is -0.384. The van der Waals surface area contributed by atoms with E-state index in [2.05, 4.69) is 0 Å². The summed E-state index contributed by atoms with van der Waals surface area (Å²) < 4.78 is 23.4. The molecule has 0 aliphatic heterocycles. The number of hydrogen-bond acceptors (Lipinski definition) is 5. The van der Waals surface area contributed by atoms with E-state index in [1.165, 1.54) is 0 Å². The van der Waals surface area contributed by atoms with Crippen LogP contribution in [0.2, 0.25) is 0 Å². The molecule has 0 fully saturated rings. The van der Waals surface area contributed by atoms with E-state index in [0.717, 1.165) is 24.3 Å². The highest BCUT2D eigenvalue weighted by Gasteiger charge is 2.16. The Bertz CT molecular complexity index is 510. The molecule has 1 rings (SSSR count).